The van der Waals surface area contributed by atoms with Gasteiger partial charge in [0.25, 0.3) is 11.2 Å². The third-order valence-electron chi connectivity index (χ3n) is 7.10. The molecule has 2 aromatic heterocycles. The highest BCUT2D eigenvalue weighted by atomic mass is 35.5. The standard InChI is InChI=1S/C32H23Cl3N6O5S2/c1-15(2)46-30(43)26-16(3)36-32-40(27(26)18-5-7-19(33)8-6-18)29(42)25(48-32)13-17-4-11-24(23(12-17)41(44)45)47-31-37-28(38-39-31)21-10-9-20(34)14-22(21)35/h4-15,27H,1-3H3,(H,37,38,39)/b25-13+/t27-/m1/s1. The SMILES string of the molecule is CC1=C(C(=O)OC(C)C)[C@@H](c2ccc(Cl)cc2)n2c(s/c(=C/c3ccc(Sc4n[nH]c(-c5ccc(Cl)cc5Cl)n4)c([N+](=O)[O-])c3)c2=O)=N1. The molecule has 0 amide bonds. The van der Waals surface area contributed by atoms with Gasteiger partial charge in [0.1, 0.15) is 0 Å². The first kappa shape index (κ1) is 33.6. The molecule has 11 nitrogen and oxygen atoms in total. The molecule has 0 spiro atoms. The number of nitrogens with zero attached hydrogens (tertiary/aromatic N) is 5. The summed E-state index contributed by atoms with van der Waals surface area (Å²) in [5.74, 6) is -0.208. The van der Waals surface area contributed by atoms with E-state index in [2.05, 4.69) is 20.2 Å². The molecule has 0 aliphatic carbocycles. The summed E-state index contributed by atoms with van der Waals surface area (Å²) in [5, 5.41) is 20.7. The third-order valence-corrected chi connectivity index (χ3v) is 9.81. The first-order valence-electron chi connectivity index (χ1n) is 14.2. The van der Waals surface area contributed by atoms with E-state index in [0.717, 1.165) is 23.1 Å². The number of thiazole rings is 1. The number of aromatic amines is 1. The Bertz CT molecular complexity index is 2320. The second-order valence-corrected chi connectivity index (χ2v) is 14.1. The van der Waals surface area contributed by atoms with Gasteiger partial charge in [-0.25, -0.2) is 14.8 Å². The Hall–Kier alpha value is -4.27. The number of aromatic nitrogens is 4. The van der Waals surface area contributed by atoms with Crippen molar-refractivity contribution >= 4 is 75.6 Å². The summed E-state index contributed by atoms with van der Waals surface area (Å²) in [6.07, 6.45) is 1.17. The summed E-state index contributed by atoms with van der Waals surface area (Å²) in [6, 6.07) is 15.5. The van der Waals surface area contributed by atoms with Gasteiger partial charge >= 0.3 is 5.97 Å². The predicted octanol–water partition coefficient (Wildman–Crippen LogP) is 6.99. The number of rotatable bonds is 8. The minimum Gasteiger partial charge on any atom is -0.459 e. The van der Waals surface area contributed by atoms with Gasteiger partial charge in [-0.05, 0) is 86.1 Å². The number of hydrogen-bond acceptors (Lipinski definition) is 10. The maximum Gasteiger partial charge on any atom is 0.338 e. The Morgan fingerprint density at radius 2 is 1.83 bits per heavy atom. The average Bonchev–Trinajstić information content (AvgIpc) is 3.60. The average molecular weight is 742 g/mol. The van der Waals surface area contributed by atoms with Crippen LogP contribution in [0.25, 0.3) is 17.5 Å². The zero-order valence-electron chi connectivity index (χ0n) is 25.2. The highest BCUT2D eigenvalue weighted by molar-refractivity contribution is 7.99. The fraction of sp³-hybridized carbons (Fsp3) is 0.156. The Kier molecular flexibility index (Phi) is 9.59. The second-order valence-electron chi connectivity index (χ2n) is 10.8. The van der Waals surface area contributed by atoms with Crippen molar-refractivity contribution in [2.45, 2.75) is 43.0 Å². The van der Waals surface area contributed by atoms with Crippen LogP contribution in [0.4, 0.5) is 5.69 Å². The topological polar surface area (TPSA) is 145 Å². The molecule has 0 bridgehead atoms. The van der Waals surface area contributed by atoms with Gasteiger partial charge in [0, 0.05) is 21.7 Å². The summed E-state index contributed by atoms with van der Waals surface area (Å²) in [6.45, 7) is 5.17. The Balaban J connectivity index is 1.38. The Morgan fingerprint density at radius 1 is 1.10 bits per heavy atom. The maximum atomic E-state index is 14.0. The number of ether oxygens (including phenoxy) is 1. The number of hydrogen-bond donors (Lipinski definition) is 1. The molecule has 244 valence electrons. The fourth-order valence-corrected chi connectivity index (χ4v) is 7.49. The predicted molar refractivity (Wildman–Crippen MR) is 186 cm³/mol. The lowest BCUT2D eigenvalue weighted by atomic mass is 9.96. The number of nitro groups is 1. The molecule has 0 saturated heterocycles. The number of carbonyl (C=O) groups is 1. The molecule has 16 heteroatoms. The summed E-state index contributed by atoms with van der Waals surface area (Å²) in [5.41, 5.74) is 1.65. The zero-order chi connectivity index (χ0) is 34.3. The molecule has 6 rings (SSSR count). The zero-order valence-corrected chi connectivity index (χ0v) is 29.1. The summed E-state index contributed by atoms with van der Waals surface area (Å²) >= 11 is 20.5. The number of H-pyrrole nitrogens is 1. The van der Waals surface area contributed by atoms with E-state index in [1.807, 2.05) is 0 Å². The van der Waals surface area contributed by atoms with E-state index in [0.29, 0.717) is 48.1 Å². The molecular weight excluding hydrogens is 719 g/mol. The molecule has 0 fully saturated rings. The van der Waals surface area contributed by atoms with Crippen LogP contribution in [0, 0.1) is 10.1 Å². The molecular formula is C32H23Cl3N6O5S2. The number of allylic oxidation sites excluding steroid dienone is 1. The van der Waals surface area contributed by atoms with Gasteiger partial charge in [-0.15, -0.1) is 5.10 Å². The van der Waals surface area contributed by atoms with Crippen LogP contribution in [-0.2, 0) is 9.53 Å². The number of nitro benzene ring substituents is 1. The van der Waals surface area contributed by atoms with Gasteiger partial charge in [0.2, 0.25) is 5.16 Å². The van der Waals surface area contributed by atoms with Crippen LogP contribution < -0.4 is 14.9 Å². The van der Waals surface area contributed by atoms with Crippen molar-refractivity contribution in [2.75, 3.05) is 0 Å². The molecule has 1 aliphatic heterocycles. The minimum atomic E-state index is -0.825. The van der Waals surface area contributed by atoms with Crippen LogP contribution in [0.15, 0.2) is 91.8 Å². The number of esters is 1. The smallest absolute Gasteiger partial charge is 0.338 e. The number of fused-ring (bicyclic) bond motifs is 1. The van der Waals surface area contributed by atoms with Crippen LogP contribution in [-0.4, -0.2) is 36.7 Å². The van der Waals surface area contributed by atoms with Gasteiger partial charge in [-0.2, -0.15) is 0 Å². The summed E-state index contributed by atoms with van der Waals surface area (Å²) < 4.78 is 7.24. The maximum absolute atomic E-state index is 14.0. The molecule has 5 aromatic rings. The van der Waals surface area contributed by atoms with Gasteiger partial charge in [0.05, 0.1) is 42.8 Å². The largest absolute Gasteiger partial charge is 0.459 e. The number of nitrogens with one attached hydrogen (secondary N) is 1. The molecule has 3 heterocycles. The Labute approximate surface area is 295 Å². The van der Waals surface area contributed by atoms with Crippen molar-refractivity contribution in [1.29, 1.82) is 0 Å². The highest BCUT2D eigenvalue weighted by Crippen LogP contribution is 2.36. The van der Waals surface area contributed by atoms with Crippen molar-refractivity contribution in [3.63, 3.8) is 0 Å². The van der Waals surface area contributed by atoms with Gasteiger partial charge in [0.15, 0.2) is 10.6 Å². The van der Waals surface area contributed by atoms with Gasteiger partial charge < -0.3 is 4.74 Å². The van der Waals surface area contributed by atoms with Crippen molar-refractivity contribution < 1.29 is 14.5 Å². The van der Waals surface area contributed by atoms with Gasteiger partial charge in [-0.1, -0.05) is 64.3 Å². The lowest BCUT2D eigenvalue weighted by molar-refractivity contribution is -0.387. The van der Waals surface area contributed by atoms with Crippen molar-refractivity contribution in [3.05, 3.63) is 128 Å². The van der Waals surface area contributed by atoms with Crippen molar-refractivity contribution in [1.82, 2.24) is 19.7 Å². The van der Waals surface area contributed by atoms with Crippen LogP contribution in [0.3, 0.4) is 0 Å². The number of benzene rings is 3. The molecule has 0 saturated carbocycles. The van der Waals surface area contributed by atoms with Crippen LogP contribution in [0.2, 0.25) is 15.1 Å². The third kappa shape index (κ3) is 6.82. The monoisotopic (exact) mass is 740 g/mol. The normalized spacial score (nSPS) is 14.6. The molecule has 0 unspecified atom stereocenters. The van der Waals surface area contributed by atoms with Crippen molar-refractivity contribution in [3.8, 4) is 11.4 Å². The summed E-state index contributed by atoms with van der Waals surface area (Å²) in [4.78, 5) is 48.5. The van der Waals surface area contributed by atoms with E-state index < -0.39 is 28.6 Å². The first-order chi connectivity index (χ1) is 22.9. The number of carbonyl (C=O) groups excluding carboxylic acids is 1. The van der Waals surface area contributed by atoms with E-state index in [-0.39, 0.29) is 25.8 Å². The van der Waals surface area contributed by atoms with E-state index in [9.17, 15) is 19.7 Å². The molecule has 3 aromatic carbocycles. The Morgan fingerprint density at radius 3 is 2.52 bits per heavy atom. The van der Waals surface area contributed by atoms with Crippen LogP contribution in [0.5, 0.6) is 0 Å². The first-order valence-corrected chi connectivity index (χ1v) is 17.0. The molecule has 1 aliphatic rings. The molecule has 0 radical (unpaired) electrons. The quantitative estimate of drug-likeness (QED) is 0.102. The highest BCUT2D eigenvalue weighted by Gasteiger charge is 2.34. The second kappa shape index (κ2) is 13.7. The van der Waals surface area contributed by atoms with Crippen LogP contribution in [0.1, 0.15) is 37.9 Å². The van der Waals surface area contributed by atoms with Gasteiger partial charge in [-0.3, -0.25) is 24.6 Å². The lowest BCUT2D eigenvalue weighted by Gasteiger charge is -2.25. The molecule has 48 heavy (non-hydrogen) atoms. The van der Waals surface area contributed by atoms with E-state index in [4.69, 9.17) is 39.5 Å². The molecule has 1 atom stereocenters. The fourth-order valence-electron chi connectivity index (χ4n) is 5.02. The van der Waals surface area contributed by atoms with E-state index >= 15 is 0 Å². The molecule has 1 N–H and O–H groups in total. The summed E-state index contributed by atoms with van der Waals surface area (Å²) in [7, 11) is 0. The van der Waals surface area contributed by atoms with E-state index in [1.54, 1.807) is 81.4 Å². The van der Waals surface area contributed by atoms with Crippen LogP contribution >= 0.6 is 57.9 Å². The van der Waals surface area contributed by atoms with Crippen molar-refractivity contribution in [2.24, 2.45) is 4.99 Å². The number of halogens is 3. The van der Waals surface area contributed by atoms with E-state index in [1.165, 1.54) is 10.6 Å². The lowest BCUT2D eigenvalue weighted by Crippen LogP contribution is -2.40. The minimum absolute atomic E-state index is 0.203.